The molecule has 192 valence electrons. The fourth-order valence-corrected chi connectivity index (χ4v) is 4.65. The summed E-state index contributed by atoms with van der Waals surface area (Å²) >= 11 is 0. The van der Waals surface area contributed by atoms with E-state index in [2.05, 4.69) is 84.8 Å². The maximum Gasteiger partial charge on any atom is 0.267 e. The SMILES string of the molecule is CCn1cc(C(CC)(CC)c2ccc(C#CC(O)(CC)CC)c(C)c2)cc1C(=O)NCCN(C)C. The molecule has 0 unspecified atom stereocenters. The van der Waals surface area contributed by atoms with Gasteiger partial charge in [0.2, 0.25) is 0 Å². The fraction of sp³-hybridized carbons (Fsp3) is 0.567. The lowest BCUT2D eigenvalue weighted by Crippen LogP contribution is -2.32. The first-order chi connectivity index (χ1) is 16.6. The summed E-state index contributed by atoms with van der Waals surface area (Å²) in [6.45, 7) is 14.7. The molecule has 1 amide bonds. The zero-order chi connectivity index (χ0) is 26.2. The summed E-state index contributed by atoms with van der Waals surface area (Å²) in [5, 5.41) is 13.6. The predicted octanol–water partition coefficient (Wildman–Crippen LogP) is 5.12. The van der Waals surface area contributed by atoms with Crippen molar-refractivity contribution < 1.29 is 9.90 Å². The Labute approximate surface area is 212 Å². The van der Waals surface area contributed by atoms with Gasteiger partial charge >= 0.3 is 0 Å². The Balaban J connectivity index is 2.46. The molecule has 0 aliphatic carbocycles. The molecule has 0 saturated heterocycles. The summed E-state index contributed by atoms with van der Waals surface area (Å²) in [6, 6.07) is 8.55. The van der Waals surface area contributed by atoms with Crippen molar-refractivity contribution in [2.45, 2.75) is 84.8 Å². The monoisotopic (exact) mass is 479 g/mol. The van der Waals surface area contributed by atoms with E-state index in [9.17, 15) is 9.90 Å². The number of rotatable bonds is 11. The van der Waals surface area contributed by atoms with Crippen LogP contribution < -0.4 is 5.32 Å². The van der Waals surface area contributed by atoms with E-state index >= 15 is 0 Å². The van der Waals surface area contributed by atoms with Gasteiger partial charge in [0.15, 0.2) is 0 Å². The van der Waals surface area contributed by atoms with Gasteiger partial charge in [-0.15, -0.1) is 0 Å². The molecule has 0 saturated carbocycles. The Morgan fingerprint density at radius 3 is 2.20 bits per heavy atom. The number of carbonyl (C=O) groups excluding carboxylic acids is 1. The number of hydrogen-bond acceptors (Lipinski definition) is 3. The Kier molecular flexibility index (Phi) is 10.2. The molecule has 0 radical (unpaired) electrons. The minimum Gasteiger partial charge on any atom is -0.378 e. The average molecular weight is 480 g/mol. The summed E-state index contributed by atoms with van der Waals surface area (Å²) in [4.78, 5) is 15.0. The van der Waals surface area contributed by atoms with Crippen LogP contribution in [0.4, 0.5) is 0 Å². The highest BCUT2D eigenvalue weighted by Gasteiger charge is 2.33. The zero-order valence-electron chi connectivity index (χ0n) is 23.1. The first-order valence-corrected chi connectivity index (χ1v) is 13.1. The number of aliphatic hydroxyl groups is 1. The molecule has 1 aromatic carbocycles. The molecular weight excluding hydrogens is 434 g/mol. The molecule has 5 nitrogen and oxygen atoms in total. The van der Waals surface area contributed by atoms with Crippen molar-refractivity contribution in [3.63, 3.8) is 0 Å². The molecular formula is C30H45N3O2. The van der Waals surface area contributed by atoms with Crippen LogP contribution in [0.1, 0.15) is 93.0 Å². The molecule has 2 aromatic rings. The molecule has 5 heteroatoms. The van der Waals surface area contributed by atoms with Gasteiger partial charge in [-0.25, -0.2) is 0 Å². The third-order valence-corrected chi connectivity index (χ3v) is 7.45. The predicted molar refractivity (Wildman–Crippen MR) is 146 cm³/mol. The lowest BCUT2D eigenvalue weighted by Gasteiger charge is -2.32. The van der Waals surface area contributed by atoms with Crippen molar-refractivity contribution in [3.8, 4) is 11.8 Å². The van der Waals surface area contributed by atoms with Crippen LogP contribution in [0.15, 0.2) is 30.5 Å². The van der Waals surface area contributed by atoms with Gasteiger partial charge in [0, 0.05) is 36.8 Å². The number of carbonyl (C=O) groups is 1. The molecule has 0 aliphatic rings. The van der Waals surface area contributed by atoms with E-state index in [0.29, 0.717) is 25.1 Å². The van der Waals surface area contributed by atoms with Gasteiger partial charge in [-0.2, -0.15) is 0 Å². The second-order valence-corrected chi connectivity index (χ2v) is 9.77. The summed E-state index contributed by atoms with van der Waals surface area (Å²) in [5.41, 5.74) is 4.05. The van der Waals surface area contributed by atoms with Crippen LogP contribution in [0.3, 0.4) is 0 Å². The van der Waals surface area contributed by atoms with Gasteiger partial charge in [-0.3, -0.25) is 4.79 Å². The number of hydrogen-bond donors (Lipinski definition) is 2. The maximum atomic E-state index is 13.0. The fourth-order valence-electron chi connectivity index (χ4n) is 4.65. The average Bonchev–Trinajstić information content (AvgIpc) is 3.29. The Morgan fingerprint density at radius 2 is 1.69 bits per heavy atom. The standard InChI is InChI=1S/C30H45N3O2/c1-9-29(35,10-2)17-16-24-14-15-25(20-23(24)6)30(11-3,12-4)26-21-27(33(13-5)22-26)28(34)31-18-19-32(7)8/h14-15,20-22,35H,9-13,18-19H2,1-8H3,(H,31,34). The molecule has 0 fully saturated rings. The van der Waals surface area contributed by atoms with E-state index in [4.69, 9.17) is 0 Å². The Bertz CT molecular complexity index is 1050. The first kappa shape index (κ1) is 28.7. The van der Waals surface area contributed by atoms with Crippen molar-refractivity contribution in [3.05, 3.63) is 58.4 Å². The van der Waals surface area contributed by atoms with E-state index in [0.717, 1.165) is 37.1 Å². The van der Waals surface area contributed by atoms with Crippen molar-refractivity contribution in [2.24, 2.45) is 0 Å². The molecule has 1 aromatic heterocycles. The molecule has 0 aliphatic heterocycles. The number of aryl methyl sites for hydroxylation is 2. The lowest BCUT2D eigenvalue weighted by molar-refractivity contribution is 0.0929. The number of likely N-dealkylation sites (N-methyl/N-ethyl adjacent to an activating group) is 1. The summed E-state index contributed by atoms with van der Waals surface area (Å²) < 4.78 is 2.06. The molecule has 2 N–H and O–H groups in total. The van der Waals surface area contributed by atoms with Crippen LogP contribution in [0.25, 0.3) is 0 Å². The molecule has 0 atom stereocenters. The van der Waals surface area contributed by atoms with E-state index in [1.165, 1.54) is 11.1 Å². The number of aromatic nitrogens is 1. The number of nitrogens with one attached hydrogen (secondary N) is 1. The highest BCUT2D eigenvalue weighted by molar-refractivity contribution is 5.93. The van der Waals surface area contributed by atoms with Gasteiger partial charge < -0.3 is 19.9 Å². The normalized spacial score (nSPS) is 11.9. The second-order valence-electron chi connectivity index (χ2n) is 9.77. The zero-order valence-corrected chi connectivity index (χ0v) is 23.1. The highest BCUT2D eigenvalue weighted by Crippen LogP contribution is 2.40. The Morgan fingerprint density at radius 1 is 1.03 bits per heavy atom. The number of benzene rings is 1. The highest BCUT2D eigenvalue weighted by atomic mass is 16.3. The van der Waals surface area contributed by atoms with Gasteiger partial charge in [0.1, 0.15) is 11.3 Å². The molecule has 2 rings (SSSR count). The van der Waals surface area contributed by atoms with Gasteiger partial charge in [0.05, 0.1) is 0 Å². The smallest absolute Gasteiger partial charge is 0.267 e. The lowest BCUT2D eigenvalue weighted by atomic mass is 9.71. The van der Waals surface area contributed by atoms with Crippen LogP contribution in [0.5, 0.6) is 0 Å². The van der Waals surface area contributed by atoms with Crippen LogP contribution in [0, 0.1) is 18.8 Å². The third-order valence-electron chi connectivity index (χ3n) is 7.45. The van der Waals surface area contributed by atoms with E-state index in [1.807, 2.05) is 27.9 Å². The van der Waals surface area contributed by atoms with Gasteiger partial charge in [0.25, 0.3) is 5.91 Å². The summed E-state index contributed by atoms with van der Waals surface area (Å²) in [6.07, 6.45) is 5.23. The van der Waals surface area contributed by atoms with Crippen molar-refractivity contribution >= 4 is 5.91 Å². The minimum absolute atomic E-state index is 0.0257. The van der Waals surface area contributed by atoms with Crippen molar-refractivity contribution in [1.82, 2.24) is 14.8 Å². The minimum atomic E-state index is -0.936. The van der Waals surface area contributed by atoms with Crippen LogP contribution in [-0.4, -0.2) is 53.3 Å². The largest absolute Gasteiger partial charge is 0.378 e. The first-order valence-electron chi connectivity index (χ1n) is 13.1. The van der Waals surface area contributed by atoms with Crippen LogP contribution >= 0.6 is 0 Å². The molecule has 0 bridgehead atoms. The molecule has 0 spiro atoms. The molecule has 35 heavy (non-hydrogen) atoms. The third kappa shape index (κ3) is 6.57. The Hall–Kier alpha value is -2.55. The summed E-state index contributed by atoms with van der Waals surface area (Å²) in [7, 11) is 4.00. The van der Waals surface area contributed by atoms with E-state index in [1.54, 1.807) is 0 Å². The quantitative estimate of drug-likeness (QED) is 0.440. The second kappa shape index (κ2) is 12.4. The van der Waals surface area contributed by atoms with Gasteiger partial charge in [-0.05, 0) is 82.4 Å². The van der Waals surface area contributed by atoms with Crippen LogP contribution in [0.2, 0.25) is 0 Å². The van der Waals surface area contributed by atoms with Gasteiger partial charge in [-0.1, -0.05) is 51.7 Å². The molecule has 1 heterocycles. The number of nitrogens with zero attached hydrogens (tertiary/aromatic N) is 2. The van der Waals surface area contributed by atoms with Crippen LogP contribution in [-0.2, 0) is 12.0 Å². The van der Waals surface area contributed by atoms with Crippen molar-refractivity contribution in [1.29, 1.82) is 0 Å². The topological polar surface area (TPSA) is 57.5 Å². The van der Waals surface area contributed by atoms with Crippen molar-refractivity contribution in [2.75, 3.05) is 27.2 Å². The summed E-state index contributed by atoms with van der Waals surface area (Å²) in [5.74, 6) is 6.27. The van der Waals surface area contributed by atoms with E-state index < -0.39 is 5.60 Å². The van der Waals surface area contributed by atoms with E-state index in [-0.39, 0.29) is 11.3 Å². The number of amides is 1. The maximum absolute atomic E-state index is 13.0.